The van der Waals surface area contributed by atoms with Gasteiger partial charge in [-0.15, -0.1) is 0 Å². The minimum atomic E-state index is -4.78. The molecular formula is C20H16ClF5O4. The Balaban J connectivity index is 2.33. The standard InChI is InChI=1S/C20H16ClF5O4/c1-2-29-18(28)14(17(27)12-4-6-13(22)7-5-12)9-11-3-8-15(21)16(10-11)30-20(25,26)19(23)24/h3-8,10,14,19H,2,9H2,1H3. The summed E-state index contributed by atoms with van der Waals surface area (Å²) in [5.41, 5.74) is 0.164. The van der Waals surface area contributed by atoms with Crippen LogP contribution in [0.25, 0.3) is 0 Å². The van der Waals surface area contributed by atoms with Crippen molar-refractivity contribution in [2.45, 2.75) is 25.9 Å². The molecule has 2 aromatic rings. The fraction of sp³-hybridized carbons (Fsp3) is 0.300. The number of Topliss-reactive ketones (excluding diaryl/α,β-unsaturated/α-hetero) is 1. The van der Waals surface area contributed by atoms with Crippen LogP contribution in [-0.2, 0) is 16.0 Å². The summed E-state index contributed by atoms with van der Waals surface area (Å²) in [5, 5.41) is -0.364. The van der Waals surface area contributed by atoms with Crippen molar-refractivity contribution >= 4 is 23.4 Å². The van der Waals surface area contributed by atoms with E-state index in [4.69, 9.17) is 16.3 Å². The van der Waals surface area contributed by atoms with Gasteiger partial charge < -0.3 is 9.47 Å². The van der Waals surface area contributed by atoms with Crippen LogP contribution in [0.2, 0.25) is 5.02 Å². The van der Waals surface area contributed by atoms with Crippen molar-refractivity contribution < 1.29 is 41.0 Å². The lowest BCUT2D eigenvalue weighted by molar-refractivity contribution is -0.253. The number of carbonyl (C=O) groups is 2. The van der Waals surface area contributed by atoms with Crippen molar-refractivity contribution in [3.05, 3.63) is 64.4 Å². The van der Waals surface area contributed by atoms with Crippen molar-refractivity contribution in [1.82, 2.24) is 0 Å². The van der Waals surface area contributed by atoms with Gasteiger partial charge in [-0.3, -0.25) is 9.59 Å². The van der Waals surface area contributed by atoms with Crippen molar-refractivity contribution in [2.75, 3.05) is 6.61 Å². The van der Waals surface area contributed by atoms with E-state index in [9.17, 15) is 31.5 Å². The number of ketones is 1. The van der Waals surface area contributed by atoms with Crippen LogP contribution < -0.4 is 4.74 Å². The lowest BCUT2D eigenvalue weighted by atomic mass is 9.91. The Hall–Kier alpha value is -2.68. The zero-order valence-electron chi connectivity index (χ0n) is 15.5. The number of benzene rings is 2. The Bertz CT molecular complexity index is 903. The van der Waals surface area contributed by atoms with E-state index in [0.29, 0.717) is 0 Å². The second kappa shape index (κ2) is 9.88. The predicted molar refractivity (Wildman–Crippen MR) is 97.6 cm³/mol. The molecule has 0 spiro atoms. The van der Waals surface area contributed by atoms with Gasteiger partial charge in [0.2, 0.25) is 0 Å². The molecule has 162 valence electrons. The molecule has 0 heterocycles. The summed E-state index contributed by atoms with van der Waals surface area (Å²) in [7, 11) is 0. The summed E-state index contributed by atoms with van der Waals surface area (Å²) in [4.78, 5) is 25.1. The average Bonchev–Trinajstić information content (AvgIpc) is 2.68. The van der Waals surface area contributed by atoms with Gasteiger partial charge in [-0.25, -0.2) is 4.39 Å². The molecule has 10 heteroatoms. The fourth-order valence-electron chi connectivity index (χ4n) is 2.52. The molecule has 0 radical (unpaired) electrons. The molecule has 0 aliphatic rings. The quantitative estimate of drug-likeness (QED) is 0.224. The maximum atomic E-state index is 13.2. The van der Waals surface area contributed by atoms with Crippen molar-refractivity contribution in [2.24, 2.45) is 5.92 Å². The van der Waals surface area contributed by atoms with E-state index in [1.807, 2.05) is 0 Å². The number of rotatable bonds is 9. The molecule has 1 atom stereocenters. The molecule has 2 aromatic carbocycles. The van der Waals surface area contributed by atoms with E-state index in [-0.39, 0.29) is 29.2 Å². The normalized spacial score (nSPS) is 12.5. The summed E-state index contributed by atoms with van der Waals surface area (Å²) in [5.74, 6) is -4.29. The van der Waals surface area contributed by atoms with Crippen molar-refractivity contribution in [1.29, 1.82) is 0 Å². The van der Waals surface area contributed by atoms with Crippen LogP contribution in [-0.4, -0.2) is 30.9 Å². The first-order chi connectivity index (χ1) is 14.0. The number of hydrogen-bond donors (Lipinski definition) is 0. The molecule has 0 saturated heterocycles. The first kappa shape index (κ1) is 23.6. The van der Waals surface area contributed by atoms with E-state index < -0.39 is 41.8 Å². The van der Waals surface area contributed by atoms with E-state index >= 15 is 0 Å². The molecule has 0 bridgehead atoms. The number of carbonyl (C=O) groups excluding carboxylic acids is 2. The average molecular weight is 451 g/mol. The minimum Gasteiger partial charge on any atom is -0.465 e. The van der Waals surface area contributed by atoms with Crippen molar-refractivity contribution in [3.63, 3.8) is 0 Å². The van der Waals surface area contributed by atoms with Crippen LogP contribution in [0.5, 0.6) is 5.75 Å². The highest BCUT2D eigenvalue weighted by Crippen LogP contribution is 2.34. The van der Waals surface area contributed by atoms with E-state index in [1.54, 1.807) is 0 Å². The first-order valence-electron chi connectivity index (χ1n) is 8.65. The van der Waals surface area contributed by atoms with Gasteiger partial charge >= 0.3 is 18.5 Å². The second-order valence-corrected chi connectivity index (χ2v) is 6.52. The summed E-state index contributed by atoms with van der Waals surface area (Å²) in [6, 6.07) is 7.81. The fourth-order valence-corrected chi connectivity index (χ4v) is 2.68. The number of halogens is 6. The first-order valence-corrected chi connectivity index (χ1v) is 9.02. The Morgan fingerprint density at radius 2 is 1.73 bits per heavy atom. The molecule has 0 aliphatic heterocycles. The third-order valence-electron chi connectivity index (χ3n) is 3.95. The van der Waals surface area contributed by atoms with Gasteiger partial charge in [0, 0.05) is 5.56 Å². The molecule has 0 aromatic heterocycles. The van der Waals surface area contributed by atoms with Gasteiger partial charge in [0.05, 0.1) is 11.6 Å². The van der Waals surface area contributed by atoms with Gasteiger partial charge in [0.25, 0.3) is 0 Å². The SMILES string of the molecule is CCOC(=O)C(Cc1ccc(Cl)c(OC(F)(F)C(F)F)c1)C(=O)c1ccc(F)cc1. The summed E-state index contributed by atoms with van der Waals surface area (Å²) >= 11 is 5.73. The maximum Gasteiger partial charge on any atom is 0.461 e. The highest BCUT2D eigenvalue weighted by atomic mass is 35.5. The zero-order chi connectivity index (χ0) is 22.5. The molecule has 0 aliphatic carbocycles. The van der Waals surface area contributed by atoms with Gasteiger partial charge in [0.1, 0.15) is 17.5 Å². The molecule has 0 N–H and O–H groups in total. The maximum absolute atomic E-state index is 13.2. The molecule has 1 unspecified atom stereocenters. The smallest absolute Gasteiger partial charge is 0.461 e. The molecule has 30 heavy (non-hydrogen) atoms. The molecule has 2 rings (SSSR count). The van der Waals surface area contributed by atoms with Gasteiger partial charge in [-0.05, 0) is 55.3 Å². The molecule has 0 saturated carbocycles. The highest BCUT2D eigenvalue weighted by Gasteiger charge is 2.44. The monoisotopic (exact) mass is 450 g/mol. The van der Waals surface area contributed by atoms with Crippen LogP contribution in [0.4, 0.5) is 22.0 Å². The Kier molecular flexibility index (Phi) is 7.77. The number of hydrogen-bond acceptors (Lipinski definition) is 4. The molecule has 0 amide bonds. The van der Waals surface area contributed by atoms with Crippen LogP contribution in [0.3, 0.4) is 0 Å². The Morgan fingerprint density at radius 1 is 1.10 bits per heavy atom. The summed E-state index contributed by atoms with van der Waals surface area (Å²) in [6.07, 6.45) is -9.19. The van der Waals surface area contributed by atoms with E-state index in [2.05, 4.69) is 4.74 Å². The number of ether oxygens (including phenoxy) is 2. The van der Waals surface area contributed by atoms with Crippen LogP contribution in [0.1, 0.15) is 22.8 Å². The van der Waals surface area contributed by atoms with Crippen LogP contribution >= 0.6 is 11.6 Å². The highest BCUT2D eigenvalue weighted by molar-refractivity contribution is 6.32. The summed E-state index contributed by atoms with van der Waals surface area (Å²) < 4.78 is 73.3. The van der Waals surface area contributed by atoms with Crippen LogP contribution in [0, 0.1) is 11.7 Å². The van der Waals surface area contributed by atoms with Crippen LogP contribution in [0.15, 0.2) is 42.5 Å². The topological polar surface area (TPSA) is 52.6 Å². The summed E-state index contributed by atoms with van der Waals surface area (Å²) in [6.45, 7) is 1.50. The van der Waals surface area contributed by atoms with Gasteiger partial charge in [-0.1, -0.05) is 17.7 Å². The third-order valence-corrected chi connectivity index (χ3v) is 4.26. The van der Waals surface area contributed by atoms with Gasteiger partial charge in [-0.2, -0.15) is 17.6 Å². The predicted octanol–water partition coefficient (Wildman–Crippen LogP) is 5.32. The molecule has 0 fully saturated rings. The molecular weight excluding hydrogens is 435 g/mol. The number of esters is 1. The number of alkyl halides is 4. The molecule has 4 nitrogen and oxygen atoms in total. The second-order valence-electron chi connectivity index (χ2n) is 6.11. The Morgan fingerprint density at radius 3 is 2.30 bits per heavy atom. The van der Waals surface area contributed by atoms with E-state index in [1.165, 1.54) is 25.1 Å². The third kappa shape index (κ3) is 5.91. The minimum absolute atomic E-state index is 0.0262. The Labute approximate surface area is 173 Å². The lowest BCUT2D eigenvalue weighted by Crippen LogP contribution is -2.33. The zero-order valence-corrected chi connectivity index (χ0v) is 16.3. The lowest BCUT2D eigenvalue weighted by Gasteiger charge is -2.19. The van der Waals surface area contributed by atoms with Crippen molar-refractivity contribution in [3.8, 4) is 5.75 Å². The largest absolute Gasteiger partial charge is 0.465 e. The van der Waals surface area contributed by atoms with Gasteiger partial charge in [0.15, 0.2) is 5.78 Å². The van der Waals surface area contributed by atoms with E-state index in [0.717, 1.165) is 24.3 Å².